The van der Waals surface area contributed by atoms with Crippen LogP contribution < -0.4 is 5.32 Å². The highest BCUT2D eigenvalue weighted by atomic mass is 16.5. The third-order valence-electron chi connectivity index (χ3n) is 4.60. The maximum atomic E-state index is 12.3. The SMILES string of the molecule is CCOC(=O)C(NCCN(CC)CC)C1CCCCCC1. The van der Waals surface area contributed by atoms with Gasteiger partial charge in [-0.2, -0.15) is 0 Å². The monoisotopic (exact) mass is 298 g/mol. The van der Waals surface area contributed by atoms with Gasteiger partial charge in [-0.25, -0.2) is 0 Å². The largest absolute Gasteiger partial charge is 0.465 e. The van der Waals surface area contributed by atoms with Gasteiger partial charge in [0.15, 0.2) is 0 Å². The molecule has 1 aliphatic rings. The highest BCUT2D eigenvalue weighted by Crippen LogP contribution is 2.26. The molecule has 0 aromatic carbocycles. The summed E-state index contributed by atoms with van der Waals surface area (Å²) in [5.41, 5.74) is 0. The van der Waals surface area contributed by atoms with Gasteiger partial charge in [-0.05, 0) is 38.8 Å². The molecule has 0 heterocycles. The normalized spacial score (nSPS) is 18.5. The Morgan fingerprint density at radius 3 is 2.29 bits per heavy atom. The molecular weight excluding hydrogens is 264 g/mol. The van der Waals surface area contributed by atoms with Crippen molar-refractivity contribution < 1.29 is 9.53 Å². The molecule has 4 nitrogen and oxygen atoms in total. The van der Waals surface area contributed by atoms with Crippen molar-refractivity contribution in [1.29, 1.82) is 0 Å². The van der Waals surface area contributed by atoms with Crippen molar-refractivity contribution in [1.82, 2.24) is 10.2 Å². The summed E-state index contributed by atoms with van der Waals surface area (Å²) in [6.07, 6.45) is 7.43. The predicted octanol–water partition coefficient (Wildman–Crippen LogP) is 2.82. The van der Waals surface area contributed by atoms with E-state index < -0.39 is 0 Å². The van der Waals surface area contributed by atoms with Crippen LogP contribution in [0, 0.1) is 5.92 Å². The zero-order chi connectivity index (χ0) is 15.5. The zero-order valence-electron chi connectivity index (χ0n) is 14.2. The molecule has 4 heteroatoms. The molecule has 21 heavy (non-hydrogen) atoms. The maximum absolute atomic E-state index is 12.3. The highest BCUT2D eigenvalue weighted by Gasteiger charge is 2.29. The smallest absolute Gasteiger partial charge is 0.323 e. The Labute approximate surface area is 130 Å². The minimum atomic E-state index is -0.112. The van der Waals surface area contributed by atoms with Crippen LogP contribution in [0.3, 0.4) is 0 Å². The third kappa shape index (κ3) is 6.79. The van der Waals surface area contributed by atoms with E-state index in [9.17, 15) is 4.79 Å². The molecule has 1 saturated carbocycles. The summed E-state index contributed by atoms with van der Waals surface area (Å²) in [6, 6.07) is -0.112. The van der Waals surface area contributed by atoms with Crippen molar-refractivity contribution in [2.45, 2.75) is 65.3 Å². The maximum Gasteiger partial charge on any atom is 0.323 e. The lowest BCUT2D eigenvalue weighted by molar-refractivity contribution is -0.147. The van der Waals surface area contributed by atoms with E-state index in [4.69, 9.17) is 4.74 Å². The molecule has 0 aliphatic heterocycles. The van der Waals surface area contributed by atoms with Crippen LogP contribution in [-0.2, 0) is 9.53 Å². The van der Waals surface area contributed by atoms with Crippen LogP contribution in [0.5, 0.6) is 0 Å². The van der Waals surface area contributed by atoms with E-state index in [1.807, 2.05) is 6.92 Å². The number of likely N-dealkylation sites (N-methyl/N-ethyl adjacent to an activating group) is 1. The number of hydrogen-bond donors (Lipinski definition) is 1. The second-order valence-corrected chi connectivity index (χ2v) is 5.96. The number of nitrogens with one attached hydrogen (secondary N) is 1. The van der Waals surface area contributed by atoms with Crippen LogP contribution in [0.15, 0.2) is 0 Å². The molecule has 124 valence electrons. The van der Waals surface area contributed by atoms with Crippen LogP contribution in [0.4, 0.5) is 0 Å². The molecule has 1 fully saturated rings. The summed E-state index contributed by atoms with van der Waals surface area (Å²) in [5.74, 6) is 0.396. The van der Waals surface area contributed by atoms with Crippen molar-refractivity contribution in [2.24, 2.45) is 5.92 Å². The molecule has 0 radical (unpaired) electrons. The third-order valence-corrected chi connectivity index (χ3v) is 4.60. The molecule has 1 unspecified atom stereocenters. The van der Waals surface area contributed by atoms with E-state index >= 15 is 0 Å². The van der Waals surface area contributed by atoms with E-state index in [1.54, 1.807) is 0 Å². The van der Waals surface area contributed by atoms with Crippen LogP contribution >= 0.6 is 0 Å². The molecule has 0 spiro atoms. The van der Waals surface area contributed by atoms with E-state index in [-0.39, 0.29) is 12.0 Å². The van der Waals surface area contributed by atoms with E-state index in [2.05, 4.69) is 24.1 Å². The van der Waals surface area contributed by atoms with Gasteiger partial charge in [0.25, 0.3) is 0 Å². The molecule has 1 aliphatic carbocycles. The molecule has 0 aromatic heterocycles. The Balaban J connectivity index is 2.52. The average Bonchev–Trinajstić information content (AvgIpc) is 2.77. The van der Waals surface area contributed by atoms with Gasteiger partial charge in [0, 0.05) is 13.1 Å². The Morgan fingerprint density at radius 2 is 1.76 bits per heavy atom. The van der Waals surface area contributed by atoms with Gasteiger partial charge < -0.3 is 15.0 Å². The summed E-state index contributed by atoms with van der Waals surface area (Å²) >= 11 is 0. The number of esters is 1. The lowest BCUT2D eigenvalue weighted by Crippen LogP contribution is -2.46. The summed E-state index contributed by atoms with van der Waals surface area (Å²) in [5, 5.41) is 3.48. The van der Waals surface area contributed by atoms with Gasteiger partial charge in [0.05, 0.1) is 6.61 Å². The second kappa shape index (κ2) is 11.0. The van der Waals surface area contributed by atoms with Crippen molar-refractivity contribution >= 4 is 5.97 Å². The Hall–Kier alpha value is -0.610. The topological polar surface area (TPSA) is 41.6 Å². The van der Waals surface area contributed by atoms with Crippen molar-refractivity contribution in [2.75, 3.05) is 32.8 Å². The predicted molar refractivity (Wildman–Crippen MR) is 87.4 cm³/mol. The minimum Gasteiger partial charge on any atom is -0.465 e. The zero-order valence-corrected chi connectivity index (χ0v) is 14.2. The fraction of sp³-hybridized carbons (Fsp3) is 0.941. The van der Waals surface area contributed by atoms with Crippen LogP contribution in [0.2, 0.25) is 0 Å². The number of rotatable bonds is 9. The number of carbonyl (C=O) groups is 1. The molecule has 0 saturated heterocycles. The fourth-order valence-corrected chi connectivity index (χ4v) is 3.24. The summed E-state index contributed by atoms with van der Waals surface area (Å²) in [7, 11) is 0. The quantitative estimate of drug-likeness (QED) is 0.525. The van der Waals surface area contributed by atoms with E-state index in [1.165, 1.54) is 25.7 Å². The molecule has 0 amide bonds. The highest BCUT2D eigenvalue weighted by molar-refractivity contribution is 5.76. The Kier molecular flexibility index (Phi) is 9.68. The van der Waals surface area contributed by atoms with E-state index in [0.717, 1.165) is 39.0 Å². The average molecular weight is 298 g/mol. The first-order valence-electron chi connectivity index (χ1n) is 8.85. The standard InChI is InChI=1S/C17H34N2O2/c1-4-19(5-2)14-13-18-16(17(20)21-6-3)15-11-9-7-8-10-12-15/h15-16,18H,4-14H2,1-3H3. The van der Waals surface area contributed by atoms with Gasteiger partial charge in [-0.1, -0.05) is 39.5 Å². The van der Waals surface area contributed by atoms with E-state index in [0.29, 0.717) is 12.5 Å². The van der Waals surface area contributed by atoms with Crippen LogP contribution in [0.25, 0.3) is 0 Å². The van der Waals surface area contributed by atoms with Gasteiger partial charge in [-0.15, -0.1) is 0 Å². The van der Waals surface area contributed by atoms with Crippen molar-refractivity contribution in [3.05, 3.63) is 0 Å². The van der Waals surface area contributed by atoms with Gasteiger partial charge in [0.2, 0.25) is 0 Å². The molecule has 1 N–H and O–H groups in total. The number of hydrogen-bond acceptors (Lipinski definition) is 4. The minimum absolute atomic E-state index is 0.0519. The van der Waals surface area contributed by atoms with Crippen LogP contribution in [0.1, 0.15) is 59.3 Å². The fourth-order valence-electron chi connectivity index (χ4n) is 3.24. The first-order valence-corrected chi connectivity index (χ1v) is 8.85. The second-order valence-electron chi connectivity index (χ2n) is 5.96. The van der Waals surface area contributed by atoms with Crippen LogP contribution in [-0.4, -0.2) is 49.7 Å². The van der Waals surface area contributed by atoms with Gasteiger partial charge in [-0.3, -0.25) is 4.79 Å². The lowest BCUT2D eigenvalue weighted by atomic mass is 9.91. The summed E-state index contributed by atoms with van der Waals surface area (Å²) < 4.78 is 5.29. The first-order chi connectivity index (χ1) is 10.2. The molecule has 1 rings (SSSR count). The van der Waals surface area contributed by atoms with Crippen molar-refractivity contribution in [3.8, 4) is 0 Å². The van der Waals surface area contributed by atoms with Crippen molar-refractivity contribution in [3.63, 3.8) is 0 Å². The molecule has 0 aromatic rings. The Morgan fingerprint density at radius 1 is 1.14 bits per heavy atom. The first kappa shape index (κ1) is 18.4. The Bertz CT molecular complexity index is 272. The number of carbonyl (C=O) groups excluding carboxylic acids is 1. The lowest BCUT2D eigenvalue weighted by Gasteiger charge is -2.27. The number of ether oxygens (including phenoxy) is 1. The van der Waals surface area contributed by atoms with Gasteiger partial charge in [0.1, 0.15) is 6.04 Å². The summed E-state index contributed by atoms with van der Waals surface area (Å²) in [4.78, 5) is 14.6. The summed E-state index contributed by atoms with van der Waals surface area (Å²) in [6.45, 7) is 10.7. The molecular formula is C17H34N2O2. The molecule has 0 bridgehead atoms. The van der Waals surface area contributed by atoms with Gasteiger partial charge >= 0.3 is 5.97 Å². The number of nitrogens with zero attached hydrogens (tertiary/aromatic N) is 1. The molecule has 1 atom stereocenters.